The fourth-order valence-corrected chi connectivity index (χ4v) is 3.43. The van der Waals surface area contributed by atoms with Crippen LogP contribution in [0, 0.1) is 0 Å². The van der Waals surface area contributed by atoms with Gasteiger partial charge in [0.15, 0.2) is 0 Å². The summed E-state index contributed by atoms with van der Waals surface area (Å²) in [6.07, 6.45) is 0.874. The van der Waals surface area contributed by atoms with Crippen LogP contribution < -0.4 is 10.0 Å². The number of benzene rings is 2. The minimum Gasteiger partial charge on any atom is -0.326 e. The highest BCUT2D eigenvalue weighted by Gasteiger charge is 2.12. The zero-order valence-electron chi connectivity index (χ0n) is 13.3. The molecule has 2 aromatic rings. The van der Waals surface area contributed by atoms with E-state index in [0.717, 1.165) is 15.7 Å². The van der Waals surface area contributed by atoms with Gasteiger partial charge in [-0.3, -0.25) is 4.79 Å². The van der Waals surface area contributed by atoms with Crippen molar-refractivity contribution in [2.75, 3.05) is 11.9 Å². The first-order valence-corrected chi connectivity index (χ1v) is 9.82. The Hall–Kier alpha value is -1.70. The Morgan fingerprint density at radius 2 is 1.67 bits per heavy atom. The van der Waals surface area contributed by atoms with Gasteiger partial charge in [-0.2, -0.15) is 0 Å². The molecule has 0 bridgehead atoms. The third-order valence-corrected chi connectivity index (χ3v) is 5.43. The molecule has 24 heavy (non-hydrogen) atoms. The minimum atomic E-state index is -3.44. The van der Waals surface area contributed by atoms with Gasteiger partial charge in [0, 0.05) is 23.1 Å². The van der Waals surface area contributed by atoms with Crippen molar-refractivity contribution >= 4 is 37.5 Å². The van der Waals surface area contributed by atoms with Gasteiger partial charge in [0.2, 0.25) is 15.9 Å². The van der Waals surface area contributed by atoms with Crippen LogP contribution in [-0.2, 0) is 21.2 Å². The molecule has 1 amide bonds. The van der Waals surface area contributed by atoms with Crippen LogP contribution in [0.2, 0.25) is 0 Å². The van der Waals surface area contributed by atoms with E-state index in [9.17, 15) is 13.2 Å². The van der Waals surface area contributed by atoms with E-state index in [1.807, 2.05) is 24.3 Å². The lowest BCUT2D eigenvalue weighted by molar-refractivity contribution is -0.116. The Bertz CT molecular complexity index is 788. The van der Waals surface area contributed by atoms with Crippen LogP contribution in [0.4, 0.5) is 5.69 Å². The normalized spacial score (nSPS) is 11.2. The van der Waals surface area contributed by atoms with Gasteiger partial charge >= 0.3 is 0 Å². The van der Waals surface area contributed by atoms with E-state index >= 15 is 0 Å². The minimum absolute atomic E-state index is 0.0818. The molecule has 2 rings (SSSR count). The first-order chi connectivity index (χ1) is 11.4. The van der Waals surface area contributed by atoms with Crippen molar-refractivity contribution in [2.24, 2.45) is 0 Å². The molecule has 0 aliphatic carbocycles. The molecule has 0 heterocycles. The van der Waals surface area contributed by atoms with Gasteiger partial charge < -0.3 is 5.32 Å². The highest BCUT2D eigenvalue weighted by atomic mass is 79.9. The lowest BCUT2D eigenvalue weighted by atomic mass is 10.1. The fourth-order valence-electron chi connectivity index (χ4n) is 2.12. The number of hydrogen-bond acceptors (Lipinski definition) is 3. The van der Waals surface area contributed by atoms with E-state index in [2.05, 4.69) is 26.0 Å². The van der Waals surface area contributed by atoms with Crippen LogP contribution in [0.3, 0.4) is 0 Å². The monoisotopic (exact) mass is 410 g/mol. The second-order valence-corrected chi connectivity index (χ2v) is 7.88. The molecule has 0 aliphatic heterocycles. The molecule has 0 atom stereocenters. The van der Waals surface area contributed by atoms with Crippen molar-refractivity contribution < 1.29 is 13.2 Å². The van der Waals surface area contributed by atoms with Crippen LogP contribution >= 0.6 is 15.9 Å². The molecule has 0 radical (unpaired) electrons. The lowest BCUT2D eigenvalue weighted by Gasteiger charge is -2.07. The zero-order chi connectivity index (χ0) is 17.6. The molecular formula is C17H19BrN2O3S. The number of anilines is 1. The second kappa shape index (κ2) is 8.41. The number of amides is 1. The Morgan fingerprint density at radius 3 is 2.25 bits per heavy atom. The van der Waals surface area contributed by atoms with Crippen LogP contribution in [-0.4, -0.2) is 20.9 Å². The van der Waals surface area contributed by atoms with Crippen molar-refractivity contribution in [1.82, 2.24) is 4.72 Å². The molecule has 2 N–H and O–H groups in total. The predicted molar refractivity (Wildman–Crippen MR) is 98.4 cm³/mol. The van der Waals surface area contributed by atoms with Gasteiger partial charge in [0.25, 0.3) is 0 Å². The number of sulfonamides is 1. The highest BCUT2D eigenvalue weighted by molar-refractivity contribution is 9.10. The van der Waals surface area contributed by atoms with E-state index in [0.29, 0.717) is 19.4 Å². The van der Waals surface area contributed by atoms with Crippen LogP contribution in [0.15, 0.2) is 57.9 Å². The molecule has 5 nitrogen and oxygen atoms in total. The number of carbonyl (C=O) groups is 1. The van der Waals surface area contributed by atoms with Gasteiger partial charge in [-0.15, -0.1) is 0 Å². The van der Waals surface area contributed by atoms with E-state index in [1.54, 1.807) is 31.2 Å². The summed E-state index contributed by atoms with van der Waals surface area (Å²) in [6, 6.07) is 13.9. The summed E-state index contributed by atoms with van der Waals surface area (Å²) in [5.41, 5.74) is 1.66. The molecule has 2 aromatic carbocycles. The molecule has 0 aliphatic rings. The van der Waals surface area contributed by atoms with Crippen molar-refractivity contribution in [3.63, 3.8) is 0 Å². The third-order valence-electron chi connectivity index (χ3n) is 3.34. The number of nitrogens with one attached hydrogen (secondary N) is 2. The van der Waals surface area contributed by atoms with Crippen LogP contribution in [0.25, 0.3) is 0 Å². The van der Waals surface area contributed by atoms with Gasteiger partial charge in [0.1, 0.15) is 0 Å². The first-order valence-electron chi connectivity index (χ1n) is 7.55. The average Bonchev–Trinajstić information content (AvgIpc) is 2.55. The van der Waals surface area contributed by atoms with Crippen LogP contribution in [0.1, 0.15) is 18.9 Å². The largest absolute Gasteiger partial charge is 0.326 e. The van der Waals surface area contributed by atoms with Crippen molar-refractivity contribution in [3.05, 3.63) is 58.6 Å². The lowest BCUT2D eigenvalue weighted by Crippen LogP contribution is -2.23. The summed E-state index contributed by atoms with van der Waals surface area (Å²) in [5.74, 6) is -0.0818. The second-order valence-electron chi connectivity index (χ2n) is 5.20. The maximum atomic E-state index is 12.0. The topological polar surface area (TPSA) is 75.3 Å². The summed E-state index contributed by atoms with van der Waals surface area (Å²) in [7, 11) is -3.44. The smallest absolute Gasteiger partial charge is 0.240 e. The Morgan fingerprint density at radius 1 is 1.04 bits per heavy atom. The van der Waals surface area contributed by atoms with E-state index < -0.39 is 10.0 Å². The maximum absolute atomic E-state index is 12.0. The summed E-state index contributed by atoms with van der Waals surface area (Å²) in [4.78, 5) is 12.2. The van der Waals surface area contributed by atoms with Crippen molar-refractivity contribution in [3.8, 4) is 0 Å². The SMILES string of the molecule is CCNS(=O)(=O)c1ccc(CCC(=O)Nc2ccc(Br)cc2)cc1. The number of aryl methyl sites for hydroxylation is 1. The van der Waals surface area contributed by atoms with Gasteiger partial charge in [-0.05, 0) is 48.4 Å². The molecule has 0 spiro atoms. The summed E-state index contributed by atoms with van der Waals surface area (Å²) in [5, 5.41) is 2.83. The summed E-state index contributed by atoms with van der Waals surface area (Å²) < 4.78 is 27.1. The maximum Gasteiger partial charge on any atom is 0.240 e. The first kappa shape index (κ1) is 18.6. The number of rotatable bonds is 7. The van der Waals surface area contributed by atoms with E-state index in [-0.39, 0.29) is 10.8 Å². The van der Waals surface area contributed by atoms with Gasteiger partial charge in [0.05, 0.1) is 4.90 Å². The van der Waals surface area contributed by atoms with E-state index in [4.69, 9.17) is 0 Å². The van der Waals surface area contributed by atoms with Crippen molar-refractivity contribution in [2.45, 2.75) is 24.7 Å². The highest BCUT2D eigenvalue weighted by Crippen LogP contribution is 2.15. The Balaban J connectivity index is 1.90. The van der Waals surface area contributed by atoms with E-state index in [1.165, 1.54) is 0 Å². The quantitative estimate of drug-likeness (QED) is 0.734. The molecule has 0 saturated carbocycles. The molecule has 7 heteroatoms. The van der Waals surface area contributed by atoms with Crippen molar-refractivity contribution in [1.29, 1.82) is 0 Å². The summed E-state index contributed by atoms with van der Waals surface area (Å²) in [6.45, 7) is 2.08. The molecule has 0 saturated heterocycles. The Kier molecular flexibility index (Phi) is 6.53. The van der Waals surface area contributed by atoms with Gasteiger partial charge in [-0.25, -0.2) is 13.1 Å². The summed E-state index contributed by atoms with van der Waals surface area (Å²) >= 11 is 3.34. The zero-order valence-corrected chi connectivity index (χ0v) is 15.7. The molecular weight excluding hydrogens is 392 g/mol. The Labute approximate surface area is 150 Å². The molecule has 128 valence electrons. The van der Waals surface area contributed by atoms with Gasteiger partial charge in [-0.1, -0.05) is 35.0 Å². The third kappa shape index (κ3) is 5.43. The predicted octanol–water partition coefficient (Wildman–Crippen LogP) is 3.32. The molecule has 0 fully saturated rings. The number of carbonyl (C=O) groups excluding carboxylic acids is 1. The fraction of sp³-hybridized carbons (Fsp3) is 0.235. The average molecular weight is 411 g/mol. The molecule has 0 aromatic heterocycles. The number of halogens is 1. The number of hydrogen-bond donors (Lipinski definition) is 2. The molecule has 0 unspecified atom stereocenters. The standard InChI is InChI=1S/C17H19BrN2O3S/c1-2-19-24(22,23)16-10-3-13(4-11-16)5-12-17(21)20-15-8-6-14(18)7-9-15/h3-4,6-11,19H,2,5,12H2,1H3,(H,20,21). The van der Waals surface area contributed by atoms with Crippen LogP contribution in [0.5, 0.6) is 0 Å².